The van der Waals surface area contributed by atoms with Gasteiger partial charge in [0.1, 0.15) is 0 Å². The zero-order valence-corrected chi connectivity index (χ0v) is 21.3. The number of fused-ring (bicyclic) bond motifs is 1. The monoisotopic (exact) mass is 492 g/mol. The van der Waals surface area contributed by atoms with Gasteiger partial charge in [-0.3, -0.25) is 9.36 Å². The van der Waals surface area contributed by atoms with Crippen molar-refractivity contribution in [2.24, 2.45) is 4.99 Å². The number of nitrogens with zero attached hydrogens (tertiary/aromatic N) is 2. The third-order valence-corrected chi connectivity index (χ3v) is 6.68. The van der Waals surface area contributed by atoms with Crippen LogP contribution in [0.3, 0.4) is 0 Å². The Morgan fingerprint density at radius 1 is 1.09 bits per heavy atom. The quantitative estimate of drug-likeness (QED) is 0.472. The summed E-state index contributed by atoms with van der Waals surface area (Å²) in [6, 6.07) is 12.7. The molecule has 1 aliphatic rings. The number of ether oxygens (including phenoxy) is 3. The molecule has 0 spiro atoms. The second-order valence-electron chi connectivity index (χ2n) is 8.06. The lowest BCUT2D eigenvalue weighted by Crippen LogP contribution is -2.39. The van der Waals surface area contributed by atoms with Crippen LogP contribution in [0.1, 0.15) is 43.5 Å². The molecule has 1 unspecified atom stereocenters. The largest absolute Gasteiger partial charge is 0.493 e. The third-order valence-electron chi connectivity index (χ3n) is 5.70. The van der Waals surface area contributed by atoms with Crippen molar-refractivity contribution in [2.45, 2.75) is 33.7 Å². The first-order valence-corrected chi connectivity index (χ1v) is 12.3. The van der Waals surface area contributed by atoms with Gasteiger partial charge in [0, 0.05) is 0 Å². The first-order valence-electron chi connectivity index (χ1n) is 11.4. The number of hydrogen-bond donors (Lipinski definition) is 0. The average molecular weight is 493 g/mol. The summed E-state index contributed by atoms with van der Waals surface area (Å²) in [4.78, 5) is 31.8. The van der Waals surface area contributed by atoms with E-state index in [1.165, 1.54) is 11.3 Å². The summed E-state index contributed by atoms with van der Waals surface area (Å²) in [5.74, 6) is 0.763. The summed E-state index contributed by atoms with van der Waals surface area (Å²) in [7, 11) is 1.59. The van der Waals surface area contributed by atoms with Crippen LogP contribution in [0.2, 0.25) is 0 Å². The molecule has 3 aromatic rings. The molecule has 2 aromatic carbocycles. The lowest BCUT2D eigenvalue weighted by atomic mass is 9.95. The normalized spacial score (nSPS) is 15.5. The number of aromatic nitrogens is 1. The average Bonchev–Trinajstić information content (AvgIpc) is 3.13. The zero-order chi connectivity index (χ0) is 25.1. The van der Waals surface area contributed by atoms with Crippen LogP contribution in [0, 0.1) is 6.92 Å². The molecule has 0 saturated carbocycles. The van der Waals surface area contributed by atoms with Gasteiger partial charge in [-0.05, 0) is 57.0 Å². The van der Waals surface area contributed by atoms with Crippen LogP contribution in [0.15, 0.2) is 63.5 Å². The van der Waals surface area contributed by atoms with Gasteiger partial charge in [0.25, 0.3) is 5.56 Å². The van der Waals surface area contributed by atoms with Crippen LogP contribution in [-0.4, -0.2) is 30.9 Å². The minimum Gasteiger partial charge on any atom is -0.493 e. The molecular weight excluding hydrogens is 464 g/mol. The van der Waals surface area contributed by atoms with Crippen molar-refractivity contribution in [1.29, 1.82) is 0 Å². The van der Waals surface area contributed by atoms with Gasteiger partial charge >= 0.3 is 5.97 Å². The van der Waals surface area contributed by atoms with Crippen molar-refractivity contribution < 1.29 is 19.0 Å². The molecular formula is C27H28N2O5S. The van der Waals surface area contributed by atoms with Gasteiger partial charge < -0.3 is 14.2 Å². The highest BCUT2D eigenvalue weighted by Crippen LogP contribution is 2.31. The van der Waals surface area contributed by atoms with Gasteiger partial charge in [-0.2, -0.15) is 0 Å². The van der Waals surface area contributed by atoms with Crippen molar-refractivity contribution in [3.8, 4) is 11.5 Å². The zero-order valence-electron chi connectivity index (χ0n) is 20.5. The molecule has 7 nitrogen and oxygen atoms in total. The van der Waals surface area contributed by atoms with E-state index in [1.54, 1.807) is 31.6 Å². The smallest absolute Gasteiger partial charge is 0.338 e. The molecule has 2 heterocycles. The SMILES string of the molecule is CCOC(=O)C1=C(C)N=c2s/c(=C\c3ccc(OC)c(OCC)c3)c(=O)n2C1c1ccc(C)cc1. The Morgan fingerprint density at radius 2 is 1.83 bits per heavy atom. The standard InChI is InChI=1S/C27H28N2O5S/c1-6-33-21-14-18(10-13-20(21)32-5)15-22-25(30)29-24(19-11-8-16(3)9-12-19)23(26(31)34-7-2)17(4)28-27(29)35-22/h8-15,24H,6-7H2,1-5H3/b22-15-. The molecule has 0 radical (unpaired) electrons. The van der Waals surface area contributed by atoms with Gasteiger partial charge in [0.2, 0.25) is 0 Å². The van der Waals surface area contributed by atoms with Crippen LogP contribution in [0.5, 0.6) is 11.5 Å². The summed E-state index contributed by atoms with van der Waals surface area (Å²) in [5, 5.41) is 0. The first kappa shape index (κ1) is 24.5. The van der Waals surface area contributed by atoms with Crippen molar-refractivity contribution in [1.82, 2.24) is 4.57 Å². The summed E-state index contributed by atoms with van der Waals surface area (Å²) in [6.45, 7) is 8.17. The number of rotatable bonds is 7. The highest BCUT2D eigenvalue weighted by molar-refractivity contribution is 7.07. The predicted octanol–water partition coefficient (Wildman–Crippen LogP) is 3.51. The first-order chi connectivity index (χ1) is 16.9. The lowest BCUT2D eigenvalue weighted by molar-refractivity contribution is -0.139. The molecule has 182 valence electrons. The Labute approximate surface area is 207 Å². The van der Waals surface area contributed by atoms with E-state index in [2.05, 4.69) is 4.99 Å². The molecule has 1 atom stereocenters. The molecule has 1 aromatic heterocycles. The Hall–Kier alpha value is -3.65. The molecule has 0 bridgehead atoms. The van der Waals surface area contributed by atoms with Gasteiger partial charge in [-0.15, -0.1) is 0 Å². The van der Waals surface area contributed by atoms with Crippen molar-refractivity contribution in [2.75, 3.05) is 20.3 Å². The number of allylic oxidation sites excluding steroid dienone is 1. The fourth-order valence-corrected chi connectivity index (χ4v) is 5.11. The highest BCUT2D eigenvalue weighted by atomic mass is 32.1. The molecule has 4 rings (SSSR count). The number of aryl methyl sites for hydroxylation is 1. The maximum absolute atomic E-state index is 13.7. The van der Waals surface area contributed by atoms with Crippen LogP contribution < -0.4 is 24.4 Å². The topological polar surface area (TPSA) is 79.1 Å². The van der Waals surface area contributed by atoms with Gasteiger partial charge in [-0.1, -0.05) is 47.2 Å². The Kier molecular flexibility index (Phi) is 7.21. The molecule has 0 amide bonds. The highest BCUT2D eigenvalue weighted by Gasteiger charge is 2.33. The number of esters is 1. The van der Waals surface area contributed by atoms with E-state index in [0.29, 0.717) is 38.7 Å². The van der Waals surface area contributed by atoms with Crippen molar-refractivity contribution in [3.63, 3.8) is 0 Å². The number of benzene rings is 2. The van der Waals surface area contributed by atoms with E-state index in [9.17, 15) is 9.59 Å². The minimum atomic E-state index is -0.622. The molecule has 0 fully saturated rings. The number of carbonyl (C=O) groups excluding carboxylic acids is 1. The third kappa shape index (κ3) is 4.79. The Balaban J connectivity index is 1.91. The van der Waals surface area contributed by atoms with Gasteiger partial charge in [0.15, 0.2) is 16.3 Å². The van der Waals surface area contributed by atoms with E-state index in [1.807, 2.05) is 56.3 Å². The van der Waals surface area contributed by atoms with Gasteiger partial charge in [0.05, 0.1) is 42.2 Å². The number of carbonyl (C=O) groups is 1. The number of thiazole rings is 1. The maximum atomic E-state index is 13.7. The van der Waals surface area contributed by atoms with E-state index in [4.69, 9.17) is 14.2 Å². The molecule has 35 heavy (non-hydrogen) atoms. The summed E-state index contributed by atoms with van der Waals surface area (Å²) in [5.41, 5.74) is 3.41. The van der Waals surface area contributed by atoms with Crippen LogP contribution in [-0.2, 0) is 9.53 Å². The van der Waals surface area contributed by atoms with E-state index >= 15 is 0 Å². The number of hydrogen-bond acceptors (Lipinski definition) is 7. The molecule has 0 aliphatic carbocycles. The second-order valence-corrected chi connectivity index (χ2v) is 9.07. The summed E-state index contributed by atoms with van der Waals surface area (Å²) < 4.78 is 18.5. The summed E-state index contributed by atoms with van der Waals surface area (Å²) >= 11 is 1.29. The van der Waals surface area contributed by atoms with Crippen LogP contribution >= 0.6 is 11.3 Å². The van der Waals surface area contributed by atoms with Crippen molar-refractivity contribution in [3.05, 3.63) is 90.1 Å². The second kappa shape index (κ2) is 10.3. The molecule has 8 heteroatoms. The lowest BCUT2D eigenvalue weighted by Gasteiger charge is -2.24. The fourth-order valence-electron chi connectivity index (χ4n) is 4.06. The van der Waals surface area contributed by atoms with Gasteiger partial charge in [-0.25, -0.2) is 9.79 Å². The Bertz CT molecular complexity index is 1460. The minimum absolute atomic E-state index is 0.220. The fraction of sp³-hybridized carbons (Fsp3) is 0.296. The predicted molar refractivity (Wildman–Crippen MR) is 136 cm³/mol. The maximum Gasteiger partial charge on any atom is 0.338 e. The van der Waals surface area contributed by atoms with Crippen molar-refractivity contribution >= 4 is 23.4 Å². The molecule has 0 saturated heterocycles. The van der Waals surface area contributed by atoms with E-state index in [-0.39, 0.29) is 12.2 Å². The summed E-state index contributed by atoms with van der Waals surface area (Å²) in [6.07, 6.45) is 1.81. The van der Waals surface area contributed by atoms with Crippen LogP contribution in [0.25, 0.3) is 6.08 Å². The van der Waals surface area contributed by atoms with E-state index in [0.717, 1.165) is 16.7 Å². The molecule has 0 N–H and O–H groups in total. The van der Waals surface area contributed by atoms with Crippen LogP contribution in [0.4, 0.5) is 0 Å². The molecule has 1 aliphatic heterocycles. The van der Waals surface area contributed by atoms with E-state index < -0.39 is 12.0 Å². The Morgan fingerprint density at radius 3 is 2.49 bits per heavy atom. The number of methoxy groups -OCH3 is 1.